The molecule has 0 bridgehead atoms. The third-order valence-electron chi connectivity index (χ3n) is 2.44. The number of hydrogen-bond acceptors (Lipinski definition) is 5. The van der Waals surface area contributed by atoms with Crippen molar-refractivity contribution in [1.82, 2.24) is 0 Å². The van der Waals surface area contributed by atoms with Gasteiger partial charge in [0, 0.05) is 3.57 Å². The Bertz CT molecular complexity index is 568. The molecule has 0 fully saturated rings. The van der Waals surface area contributed by atoms with Gasteiger partial charge in [0.2, 0.25) is 0 Å². The van der Waals surface area contributed by atoms with Crippen molar-refractivity contribution in [2.45, 2.75) is 19.8 Å². The smallest absolute Gasteiger partial charge is 0.338 e. The normalized spacial score (nSPS) is 11.3. The zero-order valence-electron chi connectivity index (χ0n) is 11.4. The van der Waals surface area contributed by atoms with Gasteiger partial charge in [-0.3, -0.25) is 4.18 Å². The quantitative estimate of drug-likeness (QED) is 0.298. The third kappa shape index (κ3) is 6.19. The highest BCUT2D eigenvalue weighted by molar-refractivity contribution is 14.1. The van der Waals surface area contributed by atoms with Gasteiger partial charge in [-0.2, -0.15) is 8.42 Å². The van der Waals surface area contributed by atoms with Crippen LogP contribution in [0.15, 0.2) is 18.2 Å². The molecule has 7 heteroatoms. The Balaban J connectivity index is 2.65. The lowest BCUT2D eigenvalue weighted by Crippen LogP contribution is -2.07. The molecule has 5 nitrogen and oxygen atoms in total. The zero-order chi connectivity index (χ0) is 15.2. The minimum atomic E-state index is -3.39. The second-order valence-corrected chi connectivity index (χ2v) is 6.96. The molecule has 1 aromatic carbocycles. The molecule has 112 valence electrons. The highest BCUT2D eigenvalue weighted by atomic mass is 127. The summed E-state index contributed by atoms with van der Waals surface area (Å²) in [6, 6.07) is 5.34. The number of rotatable bonds is 7. The van der Waals surface area contributed by atoms with E-state index in [0.717, 1.165) is 15.4 Å². The van der Waals surface area contributed by atoms with Crippen molar-refractivity contribution in [3.63, 3.8) is 0 Å². The topological polar surface area (TPSA) is 69.7 Å². The van der Waals surface area contributed by atoms with Crippen LogP contribution in [-0.4, -0.2) is 33.9 Å². The third-order valence-corrected chi connectivity index (χ3v) is 4.09. The molecular weight excluding hydrogens is 395 g/mol. The molecule has 0 saturated carbocycles. The van der Waals surface area contributed by atoms with Gasteiger partial charge in [-0.1, -0.05) is 0 Å². The van der Waals surface area contributed by atoms with E-state index in [1.165, 1.54) is 0 Å². The fraction of sp³-hybridized carbons (Fsp3) is 0.462. The highest BCUT2D eigenvalue weighted by Gasteiger charge is 2.10. The summed E-state index contributed by atoms with van der Waals surface area (Å²) in [5.41, 5.74) is 1.49. The van der Waals surface area contributed by atoms with Crippen LogP contribution in [0.1, 0.15) is 29.3 Å². The largest absolute Gasteiger partial charge is 0.462 e. The second kappa shape index (κ2) is 7.94. The van der Waals surface area contributed by atoms with Crippen molar-refractivity contribution in [1.29, 1.82) is 0 Å². The molecular formula is C13H17IO5S. The van der Waals surface area contributed by atoms with Crippen LogP contribution >= 0.6 is 22.6 Å². The summed E-state index contributed by atoms with van der Waals surface area (Å²) in [6.45, 7) is 2.23. The molecule has 0 aromatic heterocycles. The number of carbonyl (C=O) groups is 1. The Kier molecular flexibility index (Phi) is 6.90. The summed E-state index contributed by atoms with van der Waals surface area (Å²) in [7, 11) is -3.39. The van der Waals surface area contributed by atoms with Gasteiger partial charge >= 0.3 is 5.97 Å². The SMILES string of the molecule is CCOC(=O)c1ccc(I)c(CCCOS(C)(=O)=O)c1. The van der Waals surface area contributed by atoms with E-state index in [-0.39, 0.29) is 12.6 Å². The summed E-state index contributed by atoms with van der Waals surface area (Å²) in [5, 5.41) is 0. The maximum atomic E-state index is 11.6. The molecule has 0 unspecified atom stereocenters. The van der Waals surface area contributed by atoms with Gasteiger partial charge in [-0.25, -0.2) is 4.79 Å². The number of esters is 1. The molecule has 0 aliphatic rings. The van der Waals surface area contributed by atoms with Crippen molar-refractivity contribution in [2.24, 2.45) is 0 Å². The predicted octanol–water partition coefficient (Wildman–Crippen LogP) is 2.38. The maximum absolute atomic E-state index is 11.6. The molecule has 0 amide bonds. The van der Waals surface area contributed by atoms with Crippen molar-refractivity contribution < 1.29 is 22.1 Å². The first-order valence-electron chi connectivity index (χ1n) is 6.13. The second-order valence-electron chi connectivity index (χ2n) is 4.16. The minimum Gasteiger partial charge on any atom is -0.462 e. The van der Waals surface area contributed by atoms with Gasteiger partial charge in [-0.15, -0.1) is 0 Å². The minimum absolute atomic E-state index is 0.137. The van der Waals surface area contributed by atoms with Gasteiger partial charge in [0.15, 0.2) is 0 Å². The lowest BCUT2D eigenvalue weighted by molar-refractivity contribution is 0.0526. The van der Waals surface area contributed by atoms with Gasteiger partial charge in [0.05, 0.1) is 25.0 Å². The molecule has 0 aliphatic carbocycles. The van der Waals surface area contributed by atoms with E-state index in [2.05, 4.69) is 26.8 Å². The first-order valence-corrected chi connectivity index (χ1v) is 9.03. The Hall–Kier alpha value is -0.670. The van der Waals surface area contributed by atoms with Gasteiger partial charge in [-0.05, 0) is 66.1 Å². The monoisotopic (exact) mass is 412 g/mol. The van der Waals surface area contributed by atoms with Crippen LogP contribution in [0.3, 0.4) is 0 Å². The lowest BCUT2D eigenvalue weighted by atomic mass is 10.1. The summed E-state index contributed by atoms with van der Waals surface area (Å²) in [5.74, 6) is -0.350. The van der Waals surface area contributed by atoms with E-state index < -0.39 is 10.1 Å². The average molecular weight is 412 g/mol. The Morgan fingerprint density at radius 2 is 2.05 bits per heavy atom. The standard InChI is InChI=1S/C13H17IO5S/c1-3-18-13(15)11-6-7-12(14)10(9-11)5-4-8-19-20(2,16)17/h6-7,9H,3-5,8H2,1-2H3. The number of carbonyl (C=O) groups excluding carboxylic acids is 1. The first kappa shape index (κ1) is 17.4. The van der Waals surface area contributed by atoms with Crippen LogP contribution in [0, 0.1) is 3.57 Å². The number of halogens is 1. The van der Waals surface area contributed by atoms with Crippen molar-refractivity contribution in [3.8, 4) is 0 Å². The molecule has 0 atom stereocenters. The maximum Gasteiger partial charge on any atom is 0.338 e. The lowest BCUT2D eigenvalue weighted by Gasteiger charge is -2.08. The Morgan fingerprint density at radius 3 is 2.65 bits per heavy atom. The van der Waals surface area contributed by atoms with Gasteiger partial charge < -0.3 is 4.74 Å². The number of hydrogen-bond donors (Lipinski definition) is 0. The zero-order valence-corrected chi connectivity index (χ0v) is 14.4. The highest BCUT2D eigenvalue weighted by Crippen LogP contribution is 2.17. The van der Waals surface area contributed by atoms with E-state index >= 15 is 0 Å². The van der Waals surface area contributed by atoms with E-state index in [4.69, 9.17) is 4.74 Å². The van der Waals surface area contributed by atoms with E-state index in [9.17, 15) is 13.2 Å². The molecule has 0 saturated heterocycles. The summed E-state index contributed by atoms with van der Waals surface area (Å²) >= 11 is 2.18. The van der Waals surface area contributed by atoms with Crippen molar-refractivity contribution in [2.75, 3.05) is 19.5 Å². The van der Waals surface area contributed by atoms with Crippen LogP contribution in [0.4, 0.5) is 0 Å². The van der Waals surface area contributed by atoms with E-state index in [1.54, 1.807) is 19.1 Å². The number of benzene rings is 1. The van der Waals surface area contributed by atoms with Gasteiger partial charge in [0.25, 0.3) is 10.1 Å². The summed E-state index contributed by atoms with van der Waals surface area (Å²) in [4.78, 5) is 11.6. The Morgan fingerprint density at radius 1 is 1.35 bits per heavy atom. The first-order chi connectivity index (χ1) is 9.33. The van der Waals surface area contributed by atoms with Gasteiger partial charge in [0.1, 0.15) is 0 Å². The Labute approximate surface area is 132 Å². The number of ether oxygens (including phenoxy) is 1. The van der Waals surface area contributed by atoms with Crippen LogP contribution < -0.4 is 0 Å². The van der Waals surface area contributed by atoms with Crippen molar-refractivity contribution in [3.05, 3.63) is 32.9 Å². The van der Waals surface area contributed by atoms with E-state index in [0.29, 0.717) is 25.0 Å². The average Bonchev–Trinajstić information content (AvgIpc) is 2.35. The molecule has 20 heavy (non-hydrogen) atoms. The van der Waals surface area contributed by atoms with Crippen LogP contribution in [-0.2, 0) is 25.5 Å². The summed E-state index contributed by atoms with van der Waals surface area (Å²) < 4.78 is 32.3. The fourth-order valence-electron chi connectivity index (χ4n) is 1.58. The van der Waals surface area contributed by atoms with Crippen LogP contribution in [0.5, 0.6) is 0 Å². The predicted molar refractivity (Wildman–Crippen MR) is 84.2 cm³/mol. The van der Waals surface area contributed by atoms with Crippen molar-refractivity contribution >= 4 is 38.7 Å². The molecule has 0 radical (unpaired) electrons. The molecule has 0 N–H and O–H groups in total. The van der Waals surface area contributed by atoms with E-state index in [1.807, 2.05) is 6.07 Å². The molecule has 0 spiro atoms. The van der Waals surface area contributed by atoms with Crippen LogP contribution in [0.25, 0.3) is 0 Å². The molecule has 0 heterocycles. The summed E-state index contributed by atoms with van der Waals surface area (Å²) in [6.07, 6.45) is 2.23. The fourth-order valence-corrected chi connectivity index (χ4v) is 2.61. The number of aryl methyl sites for hydroxylation is 1. The van der Waals surface area contributed by atoms with Crippen LogP contribution in [0.2, 0.25) is 0 Å². The molecule has 1 aromatic rings. The molecule has 0 aliphatic heterocycles. The molecule has 1 rings (SSSR count).